The van der Waals surface area contributed by atoms with Crippen LogP contribution in [0.5, 0.6) is 0 Å². The van der Waals surface area contributed by atoms with Crippen molar-refractivity contribution in [1.82, 2.24) is 0 Å². The van der Waals surface area contributed by atoms with Gasteiger partial charge in [-0.25, -0.2) is 0 Å². The smallest absolute Gasteiger partial charge is 0.101 e. The van der Waals surface area contributed by atoms with Crippen LogP contribution >= 0.6 is 0 Å². The number of hydrogen-bond donors (Lipinski definition) is 3. The zero-order valence-corrected chi connectivity index (χ0v) is 12.0. The summed E-state index contributed by atoms with van der Waals surface area (Å²) in [6, 6.07) is 14.7. The van der Waals surface area contributed by atoms with E-state index < -0.39 is 6.10 Å². The second kappa shape index (κ2) is 5.08. The molecule has 2 aliphatic heterocycles. The van der Waals surface area contributed by atoms with E-state index >= 15 is 0 Å². The molecule has 108 valence electrons. The Kier molecular flexibility index (Phi) is 3.08. The number of aliphatic hydroxyl groups excluding tert-OH is 1. The lowest BCUT2D eigenvalue weighted by Crippen LogP contribution is -2.32. The van der Waals surface area contributed by atoms with E-state index in [1.807, 2.05) is 12.1 Å². The van der Waals surface area contributed by atoms with Gasteiger partial charge in [-0.05, 0) is 36.5 Å². The first-order valence-electron chi connectivity index (χ1n) is 7.71. The molecule has 0 aromatic heterocycles. The largest absolute Gasteiger partial charge is 0.386 e. The van der Waals surface area contributed by atoms with E-state index in [1.165, 1.54) is 11.1 Å². The fraction of sp³-hybridized carbons (Fsp3) is 0.333. The maximum Gasteiger partial charge on any atom is 0.101 e. The molecule has 2 aromatic rings. The Labute approximate surface area is 125 Å². The van der Waals surface area contributed by atoms with Crippen LogP contribution in [-0.2, 0) is 12.8 Å². The lowest BCUT2D eigenvalue weighted by Gasteiger charge is -2.31. The summed E-state index contributed by atoms with van der Waals surface area (Å²) in [5, 5.41) is 17.8. The molecule has 0 saturated carbocycles. The average molecular weight is 280 g/mol. The standard InChI is InChI=1S/C18H20N2O/c21-18(14-6-3-5-13-10-11-19-17(13)14)16-9-8-12-4-1-2-7-15(12)20-16/h1-7,16,18-21H,8-11H2. The van der Waals surface area contributed by atoms with Crippen LogP contribution in [0.15, 0.2) is 42.5 Å². The Morgan fingerprint density at radius 2 is 1.86 bits per heavy atom. The van der Waals surface area contributed by atoms with Crippen molar-refractivity contribution in [3.63, 3.8) is 0 Å². The van der Waals surface area contributed by atoms with E-state index in [0.29, 0.717) is 0 Å². The van der Waals surface area contributed by atoms with Crippen LogP contribution in [0, 0.1) is 0 Å². The van der Waals surface area contributed by atoms with Crippen LogP contribution in [0.25, 0.3) is 0 Å². The van der Waals surface area contributed by atoms with Crippen LogP contribution in [0.1, 0.15) is 29.2 Å². The Hall–Kier alpha value is -2.00. The molecular formula is C18H20N2O. The zero-order chi connectivity index (χ0) is 14.2. The highest BCUT2D eigenvalue weighted by atomic mass is 16.3. The van der Waals surface area contributed by atoms with Crippen LogP contribution in [-0.4, -0.2) is 17.7 Å². The van der Waals surface area contributed by atoms with Gasteiger partial charge >= 0.3 is 0 Å². The fourth-order valence-corrected chi connectivity index (χ4v) is 3.53. The number of para-hydroxylation sites is 2. The third-order valence-corrected chi connectivity index (χ3v) is 4.66. The second-order valence-electron chi connectivity index (χ2n) is 5.95. The molecule has 0 aliphatic carbocycles. The maximum atomic E-state index is 10.8. The first kappa shape index (κ1) is 12.7. The first-order chi connectivity index (χ1) is 10.3. The summed E-state index contributed by atoms with van der Waals surface area (Å²) in [5.74, 6) is 0. The first-order valence-corrected chi connectivity index (χ1v) is 7.71. The zero-order valence-electron chi connectivity index (χ0n) is 12.0. The Balaban J connectivity index is 1.62. The molecule has 2 aromatic carbocycles. The Morgan fingerprint density at radius 1 is 1.00 bits per heavy atom. The molecule has 3 N–H and O–H groups in total. The van der Waals surface area contributed by atoms with Gasteiger partial charge in [0.1, 0.15) is 6.10 Å². The molecule has 0 radical (unpaired) electrons. The maximum absolute atomic E-state index is 10.8. The molecule has 3 nitrogen and oxygen atoms in total. The van der Waals surface area contributed by atoms with Crippen LogP contribution in [0.3, 0.4) is 0 Å². The summed E-state index contributed by atoms with van der Waals surface area (Å²) >= 11 is 0. The van der Waals surface area contributed by atoms with Gasteiger partial charge < -0.3 is 15.7 Å². The average Bonchev–Trinajstić information content (AvgIpc) is 3.02. The molecular weight excluding hydrogens is 260 g/mol. The van der Waals surface area contributed by atoms with Crippen molar-refractivity contribution >= 4 is 11.4 Å². The third kappa shape index (κ3) is 2.18. The molecule has 2 unspecified atom stereocenters. The van der Waals surface area contributed by atoms with E-state index in [1.54, 1.807) is 0 Å². The quantitative estimate of drug-likeness (QED) is 0.792. The van der Waals surface area contributed by atoms with Crippen LogP contribution < -0.4 is 10.6 Å². The van der Waals surface area contributed by atoms with Gasteiger partial charge in [0, 0.05) is 23.5 Å². The van der Waals surface area contributed by atoms with Crippen molar-refractivity contribution < 1.29 is 5.11 Å². The van der Waals surface area contributed by atoms with Crippen LogP contribution in [0.4, 0.5) is 11.4 Å². The van der Waals surface area contributed by atoms with E-state index in [2.05, 4.69) is 41.0 Å². The monoisotopic (exact) mass is 280 g/mol. The minimum atomic E-state index is -0.473. The van der Waals surface area contributed by atoms with Crippen LogP contribution in [0.2, 0.25) is 0 Å². The van der Waals surface area contributed by atoms with Crippen molar-refractivity contribution in [3.8, 4) is 0 Å². The van der Waals surface area contributed by atoms with Crippen molar-refractivity contribution in [3.05, 3.63) is 59.2 Å². The van der Waals surface area contributed by atoms with E-state index in [0.717, 1.165) is 42.7 Å². The van der Waals surface area contributed by atoms with Gasteiger partial charge in [0.25, 0.3) is 0 Å². The van der Waals surface area contributed by atoms with Crippen molar-refractivity contribution in [2.24, 2.45) is 0 Å². The van der Waals surface area contributed by atoms with E-state index in [9.17, 15) is 5.11 Å². The van der Waals surface area contributed by atoms with Gasteiger partial charge in [-0.2, -0.15) is 0 Å². The SMILES string of the molecule is OC(c1cccc2c1NCC2)C1CCc2ccccc2N1. The van der Waals surface area contributed by atoms with Gasteiger partial charge in [-0.1, -0.05) is 36.4 Å². The summed E-state index contributed by atoms with van der Waals surface area (Å²) in [5.41, 5.74) is 6.00. The van der Waals surface area contributed by atoms with Crippen molar-refractivity contribution in [2.75, 3.05) is 17.2 Å². The Bertz CT molecular complexity index is 668. The molecule has 2 heterocycles. The predicted octanol–water partition coefficient (Wildman–Crippen LogP) is 3.11. The molecule has 0 amide bonds. The number of benzene rings is 2. The molecule has 0 bridgehead atoms. The molecule has 0 saturated heterocycles. The van der Waals surface area contributed by atoms with Gasteiger partial charge in [-0.15, -0.1) is 0 Å². The number of aryl methyl sites for hydroxylation is 1. The minimum Gasteiger partial charge on any atom is -0.386 e. The summed E-state index contributed by atoms with van der Waals surface area (Å²) in [7, 11) is 0. The number of fused-ring (bicyclic) bond motifs is 2. The van der Waals surface area contributed by atoms with Crippen molar-refractivity contribution in [1.29, 1.82) is 0 Å². The molecule has 21 heavy (non-hydrogen) atoms. The summed E-state index contributed by atoms with van der Waals surface area (Å²) in [6.45, 7) is 0.972. The number of aliphatic hydroxyl groups is 1. The van der Waals surface area contributed by atoms with Gasteiger partial charge in [0.2, 0.25) is 0 Å². The number of anilines is 2. The van der Waals surface area contributed by atoms with Crippen molar-refractivity contribution in [2.45, 2.75) is 31.4 Å². The fourth-order valence-electron chi connectivity index (χ4n) is 3.53. The normalized spacial score (nSPS) is 20.9. The number of rotatable bonds is 2. The van der Waals surface area contributed by atoms with E-state index in [-0.39, 0.29) is 6.04 Å². The molecule has 0 spiro atoms. The molecule has 2 aliphatic rings. The van der Waals surface area contributed by atoms with Gasteiger partial charge in [-0.3, -0.25) is 0 Å². The number of hydrogen-bond acceptors (Lipinski definition) is 3. The second-order valence-corrected chi connectivity index (χ2v) is 5.95. The molecule has 4 rings (SSSR count). The third-order valence-electron chi connectivity index (χ3n) is 4.66. The molecule has 2 atom stereocenters. The highest BCUT2D eigenvalue weighted by Gasteiger charge is 2.28. The number of nitrogens with one attached hydrogen (secondary N) is 2. The predicted molar refractivity (Wildman–Crippen MR) is 85.8 cm³/mol. The molecule has 0 fully saturated rings. The lowest BCUT2D eigenvalue weighted by atomic mass is 9.90. The highest BCUT2D eigenvalue weighted by molar-refractivity contribution is 5.63. The highest BCUT2D eigenvalue weighted by Crippen LogP contribution is 2.36. The molecule has 3 heteroatoms. The Morgan fingerprint density at radius 3 is 2.81 bits per heavy atom. The van der Waals surface area contributed by atoms with Gasteiger partial charge in [0.05, 0.1) is 6.04 Å². The van der Waals surface area contributed by atoms with Gasteiger partial charge in [0.15, 0.2) is 0 Å². The topological polar surface area (TPSA) is 44.3 Å². The van der Waals surface area contributed by atoms with E-state index in [4.69, 9.17) is 0 Å². The summed E-state index contributed by atoms with van der Waals surface area (Å²) in [6.07, 6.45) is 2.56. The lowest BCUT2D eigenvalue weighted by molar-refractivity contribution is 0.149. The summed E-state index contributed by atoms with van der Waals surface area (Å²) < 4.78 is 0. The summed E-state index contributed by atoms with van der Waals surface area (Å²) in [4.78, 5) is 0. The minimum absolute atomic E-state index is 0.0776.